The Balaban J connectivity index is 0.00000264. The maximum atomic E-state index is 5.68. The van der Waals surface area contributed by atoms with E-state index in [1.807, 2.05) is 24.3 Å². The molecule has 1 aromatic carbocycles. The third kappa shape index (κ3) is 8.42. The summed E-state index contributed by atoms with van der Waals surface area (Å²) >= 11 is 0. The molecule has 0 saturated carbocycles. The largest absolute Gasteiger partial charge is 0.493 e. The topological polar surface area (TPSA) is 40.2 Å². The van der Waals surface area contributed by atoms with Crippen LogP contribution in [0.3, 0.4) is 0 Å². The molecule has 6 heteroatoms. The van der Waals surface area contributed by atoms with Crippen molar-refractivity contribution in [2.75, 3.05) is 59.3 Å². The van der Waals surface area contributed by atoms with E-state index in [4.69, 9.17) is 18.9 Å². The van der Waals surface area contributed by atoms with Crippen LogP contribution in [0, 0.1) is 0 Å². The molecule has 1 heterocycles. The summed E-state index contributed by atoms with van der Waals surface area (Å²) in [5, 5.41) is 0. The van der Waals surface area contributed by atoms with Crippen LogP contribution in [0.15, 0.2) is 24.3 Å². The Bertz CT molecular complexity index is 413. The van der Waals surface area contributed by atoms with Gasteiger partial charge in [0, 0.05) is 25.7 Å². The summed E-state index contributed by atoms with van der Waals surface area (Å²) in [4.78, 5) is 2.36. The number of hydrogen-bond donors (Lipinski definition) is 0. The highest BCUT2D eigenvalue weighted by Crippen LogP contribution is 2.19. The number of benzene rings is 1. The summed E-state index contributed by atoms with van der Waals surface area (Å²) in [6.45, 7) is 9.36. The average molecular weight is 346 g/mol. The van der Waals surface area contributed by atoms with Crippen LogP contribution in [0.5, 0.6) is 11.5 Å². The van der Waals surface area contributed by atoms with Gasteiger partial charge in [0.2, 0.25) is 0 Å². The van der Waals surface area contributed by atoms with Crippen molar-refractivity contribution in [1.29, 1.82) is 0 Å². The predicted molar refractivity (Wildman–Crippen MR) is 93.0 cm³/mol. The third-order valence-corrected chi connectivity index (χ3v) is 3.43. The number of rotatable bonds is 10. The van der Waals surface area contributed by atoms with Crippen molar-refractivity contribution in [2.24, 2.45) is 0 Å². The molecular weight excluding hydrogens is 318 g/mol. The van der Waals surface area contributed by atoms with E-state index < -0.39 is 0 Å². The fraction of sp³-hybridized carbons (Fsp3) is 0.647. The summed E-state index contributed by atoms with van der Waals surface area (Å²) in [5.74, 6) is 1.68. The molecule has 0 aromatic heterocycles. The van der Waals surface area contributed by atoms with Gasteiger partial charge in [-0.05, 0) is 18.6 Å². The van der Waals surface area contributed by atoms with Gasteiger partial charge in [-0.2, -0.15) is 0 Å². The van der Waals surface area contributed by atoms with E-state index >= 15 is 0 Å². The molecule has 1 aliphatic heterocycles. The molecule has 1 aromatic rings. The third-order valence-electron chi connectivity index (χ3n) is 3.43. The van der Waals surface area contributed by atoms with Crippen molar-refractivity contribution in [3.63, 3.8) is 0 Å². The maximum absolute atomic E-state index is 5.68. The van der Waals surface area contributed by atoms with Crippen LogP contribution in [0.2, 0.25) is 0 Å². The molecule has 1 saturated heterocycles. The van der Waals surface area contributed by atoms with Crippen LogP contribution in [-0.4, -0.2) is 64.2 Å². The zero-order valence-electron chi connectivity index (χ0n) is 13.9. The first-order valence-corrected chi connectivity index (χ1v) is 8.12. The highest BCUT2D eigenvalue weighted by molar-refractivity contribution is 5.85. The normalized spacial score (nSPS) is 15.0. The van der Waals surface area contributed by atoms with Crippen LogP contribution >= 0.6 is 12.4 Å². The molecule has 1 aliphatic rings. The van der Waals surface area contributed by atoms with Crippen LogP contribution in [-0.2, 0) is 9.47 Å². The van der Waals surface area contributed by atoms with Gasteiger partial charge in [0.25, 0.3) is 0 Å². The van der Waals surface area contributed by atoms with E-state index in [-0.39, 0.29) is 12.4 Å². The second kappa shape index (κ2) is 12.4. The van der Waals surface area contributed by atoms with Gasteiger partial charge in [0.05, 0.1) is 33.0 Å². The van der Waals surface area contributed by atoms with Gasteiger partial charge >= 0.3 is 0 Å². The lowest BCUT2D eigenvalue weighted by atomic mass is 10.3. The summed E-state index contributed by atoms with van der Waals surface area (Å²) in [7, 11) is 0. The van der Waals surface area contributed by atoms with E-state index in [9.17, 15) is 0 Å². The minimum absolute atomic E-state index is 0. The van der Waals surface area contributed by atoms with Gasteiger partial charge in [0.1, 0.15) is 18.1 Å². The Morgan fingerprint density at radius 3 is 2.39 bits per heavy atom. The fourth-order valence-corrected chi connectivity index (χ4v) is 2.21. The van der Waals surface area contributed by atoms with Gasteiger partial charge < -0.3 is 18.9 Å². The average Bonchev–Trinajstić information content (AvgIpc) is 2.57. The second-order valence-electron chi connectivity index (χ2n) is 5.24. The summed E-state index contributed by atoms with van der Waals surface area (Å²) in [5.41, 5.74) is 0. The fourth-order valence-electron chi connectivity index (χ4n) is 2.21. The van der Waals surface area contributed by atoms with E-state index in [1.54, 1.807) is 0 Å². The van der Waals surface area contributed by atoms with Gasteiger partial charge in [-0.25, -0.2) is 0 Å². The van der Waals surface area contributed by atoms with Crippen LogP contribution in [0.4, 0.5) is 0 Å². The quantitative estimate of drug-likeness (QED) is 0.610. The summed E-state index contributed by atoms with van der Waals surface area (Å²) in [6.07, 6.45) is 1.00. The van der Waals surface area contributed by atoms with Gasteiger partial charge in [-0.1, -0.05) is 13.0 Å². The van der Waals surface area contributed by atoms with E-state index in [1.165, 1.54) is 0 Å². The summed E-state index contributed by atoms with van der Waals surface area (Å²) in [6, 6.07) is 7.75. The minimum Gasteiger partial charge on any atom is -0.493 e. The Kier molecular flexibility index (Phi) is 10.8. The van der Waals surface area contributed by atoms with Gasteiger partial charge in [-0.3, -0.25) is 4.90 Å². The lowest BCUT2D eigenvalue weighted by Crippen LogP contribution is -2.38. The molecule has 0 atom stereocenters. The first-order chi connectivity index (χ1) is 10.9. The highest BCUT2D eigenvalue weighted by atomic mass is 35.5. The van der Waals surface area contributed by atoms with E-state index in [0.717, 1.165) is 64.0 Å². The zero-order chi connectivity index (χ0) is 15.5. The smallest absolute Gasteiger partial charge is 0.123 e. The van der Waals surface area contributed by atoms with E-state index in [0.29, 0.717) is 13.2 Å². The number of morpholine rings is 1. The molecule has 0 amide bonds. The number of hydrogen-bond acceptors (Lipinski definition) is 5. The minimum atomic E-state index is 0. The molecule has 0 spiro atoms. The lowest BCUT2D eigenvalue weighted by molar-refractivity contribution is 0.0170. The van der Waals surface area contributed by atoms with Gasteiger partial charge in [0.15, 0.2) is 0 Å². The lowest BCUT2D eigenvalue weighted by Gasteiger charge is -2.26. The van der Waals surface area contributed by atoms with Crippen molar-refractivity contribution in [3.8, 4) is 11.5 Å². The van der Waals surface area contributed by atoms with Crippen LogP contribution < -0.4 is 9.47 Å². The molecule has 1 fully saturated rings. The molecule has 0 radical (unpaired) electrons. The van der Waals surface area contributed by atoms with Crippen LogP contribution in [0.25, 0.3) is 0 Å². The summed E-state index contributed by atoms with van der Waals surface area (Å²) < 4.78 is 22.2. The monoisotopic (exact) mass is 345 g/mol. The molecule has 2 rings (SSSR count). The number of nitrogens with zero attached hydrogens (tertiary/aromatic N) is 1. The SMILES string of the molecule is CCCOc1cccc(OCCOCCN2CCOCC2)c1.Cl. The molecular formula is C17H28ClNO4. The maximum Gasteiger partial charge on any atom is 0.123 e. The van der Waals surface area contributed by atoms with Crippen molar-refractivity contribution in [2.45, 2.75) is 13.3 Å². The van der Waals surface area contributed by atoms with Crippen molar-refractivity contribution in [3.05, 3.63) is 24.3 Å². The van der Waals surface area contributed by atoms with Crippen molar-refractivity contribution >= 4 is 12.4 Å². The molecule has 5 nitrogen and oxygen atoms in total. The Morgan fingerprint density at radius 2 is 1.70 bits per heavy atom. The Labute approximate surface area is 145 Å². The Morgan fingerprint density at radius 1 is 1.00 bits per heavy atom. The van der Waals surface area contributed by atoms with Crippen molar-refractivity contribution < 1.29 is 18.9 Å². The van der Waals surface area contributed by atoms with Gasteiger partial charge in [-0.15, -0.1) is 12.4 Å². The van der Waals surface area contributed by atoms with Crippen LogP contribution in [0.1, 0.15) is 13.3 Å². The second-order valence-corrected chi connectivity index (χ2v) is 5.24. The molecule has 23 heavy (non-hydrogen) atoms. The highest BCUT2D eigenvalue weighted by Gasteiger charge is 2.09. The Hall–Kier alpha value is -1.01. The number of ether oxygens (including phenoxy) is 4. The van der Waals surface area contributed by atoms with Crippen molar-refractivity contribution in [1.82, 2.24) is 4.90 Å². The standard InChI is InChI=1S/C17H27NO4.ClH/c1-2-9-21-16-4-3-5-17(15-16)22-14-13-20-12-8-18-6-10-19-11-7-18;/h3-5,15H,2,6-14H2,1H3;1H. The predicted octanol–water partition coefficient (Wildman–Crippen LogP) is 2.62. The molecule has 0 aliphatic carbocycles. The first kappa shape index (κ1) is 20.0. The molecule has 0 N–H and O–H groups in total. The molecule has 0 bridgehead atoms. The zero-order valence-corrected chi connectivity index (χ0v) is 14.7. The molecule has 132 valence electrons. The van der Waals surface area contributed by atoms with E-state index in [2.05, 4.69) is 11.8 Å². The first-order valence-electron chi connectivity index (χ1n) is 8.12. The number of halogens is 1. The molecule has 0 unspecified atom stereocenters.